The monoisotopic (exact) mass is 491 g/mol. The molecule has 184 valence electrons. The van der Waals surface area contributed by atoms with Crippen molar-refractivity contribution in [3.8, 4) is 0 Å². The lowest BCUT2D eigenvalue weighted by Gasteiger charge is -2.23. The van der Waals surface area contributed by atoms with Crippen molar-refractivity contribution in [2.75, 3.05) is 13.1 Å². The van der Waals surface area contributed by atoms with E-state index in [2.05, 4.69) is 27.7 Å². The molecule has 3 aromatic rings. The number of carbonyl (C=O) groups is 3. The number of amides is 2. The summed E-state index contributed by atoms with van der Waals surface area (Å²) in [5.74, 6) is -0.318. The SMILES string of the molecule is CC(C)CC(NC(=O)c1cc2ccccc2s1)C(=O)N[C@H]1CCCN(Cc2ccccc2)CC1=O. The summed E-state index contributed by atoms with van der Waals surface area (Å²) in [4.78, 5) is 41.9. The van der Waals surface area contributed by atoms with Gasteiger partial charge in [-0.05, 0) is 54.8 Å². The summed E-state index contributed by atoms with van der Waals surface area (Å²) in [7, 11) is 0. The van der Waals surface area contributed by atoms with Gasteiger partial charge in [-0.2, -0.15) is 0 Å². The Morgan fingerprint density at radius 2 is 1.83 bits per heavy atom. The topological polar surface area (TPSA) is 78.5 Å². The number of hydrogen-bond donors (Lipinski definition) is 2. The first-order valence-corrected chi connectivity index (χ1v) is 13.1. The lowest BCUT2D eigenvalue weighted by atomic mass is 10.0. The summed E-state index contributed by atoms with van der Waals surface area (Å²) in [5, 5.41) is 6.89. The molecule has 1 aromatic heterocycles. The molecule has 2 atom stereocenters. The quantitative estimate of drug-likeness (QED) is 0.490. The van der Waals surface area contributed by atoms with Gasteiger partial charge in [0.05, 0.1) is 17.5 Å². The first-order chi connectivity index (χ1) is 16.9. The van der Waals surface area contributed by atoms with Crippen LogP contribution in [0.5, 0.6) is 0 Å². The molecular formula is C28H33N3O3S. The molecule has 1 fully saturated rings. The summed E-state index contributed by atoms with van der Waals surface area (Å²) in [6, 6.07) is 18.6. The van der Waals surface area contributed by atoms with Gasteiger partial charge in [-0.15, -0.1) is 11.3 Å². The van der Waals surface area contributed by atoms with E-state index in [0.717, 1.165) is 23.1 Å². The lowest BCUT2D eigenvalue weighted by molar-refractivity contribution is -0.129. The molecule has 1 aliphatic heterocycles. The van der Waals surface area contributed by atoms with Crippen LogP contribution in [0, 0.1) is 5.92 Å². The van der Waals surface area contributed by atoms with Gasteiger partial charge < -0.3 is 10.6 Å². The fraction of sp³-hybridized carbons (Fsp3) is 0.393. The fourth-order valence-corrected chi connectivity index (χ4v) is 5.48. The number of carbonyl (C=O) groups excluding carboxylic acids is 3. The Labute approximate surface area is 210 Å². The molecule has 6 nitrogen and oxygen atoms in total. The van der Waals surface area contributed by atoms with Crippen molar-refractivity contribution in [2.45, 2.75) is 51.7 Å². The zero-order chi connectivity index (χ0) is 24.8. The molecule has 2 heterocycles. The second kappa shape index (κ2) is 11.6. The number of likely N-dealkylation sites (tertiary alicyclic amines) is 1. The minimum absolute atomic E-state index is 0.0194. The van der Waals surface area contributed by atoms with Crippen molar-refractivity contribution in [3.63, 3.8) is 0 Å². The summed E-state index contributed by atoms with van der Waals surface area (Å²) in [6.07, 6.45) is 1.94. The van der Waals surface area contributed by atoms with Crippen molar-refractivity contribution in [1.29, 1.82) is 0 Å². The minimum Gasteiger partial charge on any atom is -0.344 e. The zero-order valence-electron chi connectivity index (χ0n) is 20.3. The van der Waals surface area contributed by atoms with E-state index in [1.54, 1.807) is 0 Å². The molecule has 1 saturated heterocycles. The maximum absolute atomic E-state index is 13.2. The Bertz CT molecular complexity index is 1140. The summed E-state index contributed by atoms with van der Waals surface area (Å²) in [5.41, 5.74) is 1.17. The number of rotatable bonds is 8. The van der Waals surface area contributed by atoms with E-state index in [0.29, 0.717) is 30.8 Å². The van der Waals surface area contributed by atoms with E-state index in [1.165, 1.54) is 16.9 Å². The fourth-order valence-electron chi connectivity index (χ4n) is 4.52. The first kappa shape index (κ1) is 25.1. The third-order valence-electron chi connectivity index (χ3n) is 6.28. The normalized spacial score (nSPS) is 17.8. The highest BCUT2D eigenvalue weighted by molar-refractivity contribution is 7.20. The van der Waals surface area contributed by atoms with Crippen LogP contribution in [0.2, 0.25) is 0 Å². The van der Waals surface area contributed by atoms with Crippen LogP contribution >= 0.6 is 11.3 Å². The Morgan fingerprint density at radius 3 is 2.57 bits per heavy atom. The molecule has 2 N–H and O–H groups in total. The second-order valence-electron chi connectivity index (χ2n) is 9.67. The van der Waals surface area contributed by atoms with E-state index < -0.39 is 12.1 Å². The summed E-state index contributed by atoms with van der Waals surface area (Å²) >= 11 is 1.41. The van der Waals surface area contributed by atoms with E-state index in [4.69, 9.17) is 0 Å². The van der Waals surface area contributed by atoms with Crippen LogP contribution in [0.1, 0.15) is 48.3 Å². The number of Topliss-reactive ketones (excluding diaryl/α,β-unsaturated/α-hetero) is 1. The van der Waals surface area contributed by atoms with Gasteiger partial charge in [-0.1, -0.05) is 62.4 Å². The molecule has 2 aromatic carbocycles. The maximum atomic E-state index is 13.2. The Kier molecular flexibility index (Phi) is 8.31. The van der Waals surface area contributed by atoms with Crippen molar-refractivity contribution in [1.82, 2.24) is 15.5 Å². The number of hydrogen-bond acceptors (Lipinski definition) is 5. The molecule has 7 heteroatoms. The van der Waals surface area contributed by atoms with Crippen LogP contribution in [0.4, 0.5) is 0 Å². The zero-order valence-corrected chi connectivity index (χ0v) is 21.1. The van der Waals surface area contributed by atoms with Crippen LogP contribution in [-0.2, 0) is 16.1 Å². The predicted octanol–water partition coefficient (Wildman–Crippen LogP) is 4.40. The van der Waals surface area contributed by atoms with Crippen LogP contribution < -0.4 is 10.6 Å². The maximum Gasteiger partial charge on any atom is 0.262 e. The van der Waals surface area contributed by atoms with Gasteiger partial charge in [0, 0.05) is 11.2 Å². The van der Waals surface area contributed by atoms with Crippen LogP contribution in [0.15, 0.2) is 60.7 Å². The molecule has 1 aliphatic rings. The number of benzene rings is 2. The van der Waals surface area contributed by atoms with Gasteiger partial charge in [-0.3, -0.25) is 19.3 Å². The van der Waals surface area contributed by atoms with E-state index in [1.807, 2.05) is 62.4 Å². The van der Waals surface area contributed by atoms with Gasteiger partial charge in [0.2, 0.25) is 5.91 Å². The number of ketones is 1. The average molecular weight is 492 g/mol. The highest BCUT2D eigenvalue weighted by Crippen LogP contribution is 2.25. The average Bonchev–Trinajstić information content (AvgIpc) is 3.20. The third-order valence-corrected chi connectivity index (χ3v) is 7.39. The largest absolute Gasteiger partial charge is 0.344 e. The Morgan fingerprint density at radius 1 is 1.09 bits per heavy atom. The van der Waals surface area contributed by atoms with Crippen molar-refractivity contribution in [2.24, 2.45) is 5.92 Å². The first-order valence-electron chi connectivity index (χ1n) is 12.3. The standard InChI is InChI=1S/C28H33N3O3S/c1-19(2)15-23(30-28(34)26-16-21-11-6-7-13-25(21)35-26)27(33)29-22-12-8-14-31(18-24(22)32)17-20-9-4-3-5-10-20/h3-7,9-11,13,16,19,22-23H,8,12,14-15,17-18H2,1-2H3,(H,29,33)(H,30,34)/t22-,23?/m0/s1. The van der Waals surface area contributed by atoms with Gasteiger partial charge in [0.1, 0.15) is 6.04 Å². The molecule has 0 radical (unpaired) electrons. The van der Waals surface area contributed by atoms with E-state index in [-0.39, 0.29) is 23.5 Å². The molecular weight excluding hydrogens is 458 g/mol. The number of nitrogens with zero attached hydrogens (tertiary/aromatic N) is 1. The van der Waals surface area contributed by atoms with Crippen molar-refractivity contribution in [3.05, 3.63) is 71.1 Å². The van der Waals surface area contributed by atoms with Crippen molar-refractivity contribution >= 4 is 39.0 Å². The molecule has 2 amide bonds. The smallest absolute Gasteiger partial charge is 0.262 e. The van der Waals surface area contributed by atoms with E-state index in [9.17, 15) is 14.4 Å². The van der Waals surface area contributed by atoms with Crippen LogP contribution in [0.25, 0.3) is 10.1 Å². The van der Waals surface area contributed by atoms with Gasteiger partial charge in [-0.25, -0.2) is 0 Å². The molecule has 0 aliphatic carbocycles. The second-order valence-corrected chi connectivity index (χ2v) is 10.8. The van der Waals surface area contributed by atoms with Gasteiger partial charge in [0.25, 0.3) is 5.91 Å². The van der Waals surface area contributed by atoms with Crippen molar-refractivity contribution < 1.29 is 14.4 Å². The number of nitrogens with one attached hydrogen (secondary N) is 2. The lowest BCUT2D eigenvalue weighted by Crippen LogP contribution is -2.52. The molecule has 4 rings (SSSR count). The Balaban J connectivity index is 1.39. The molecule has 0 bridgehead atoms. The minimum atomic E-state index is -0.691. The number of thiophene rings is 1. The third kappa shape index (κ3) is 6.77. The summed E-state index contributed by atoms with van der Waals surface area (Å²) in [6.45, 7) is 5.87. The predicted molar refractivity (Wildman–Crippen MR) is 140 cm³/mol. The highest BCUT2D eigenvalue weighted by Gasteiger charge is 2.30. The molecule has 0 saturated carbocycles. The van der Waals surface area contributed by atoms with Crippen LogP contribution in [0.3, 0.4) is 0 Å². The van der Waals surface area contributed by atoms with Crippen LogP contribution in [-0.4, -0.2) is 47.7 Å². The molecule has 35 heavy (non-hydrogen) atoms. The molecule has 0 spiro atoms. The summed E-state index contributed by atoms with van der Waals surface area (Å²) < 4.78 is 1.03. The highest BCUT2D eigenvalue weighted by atomic mass is 32.1. The van der Waals surface area contributed by atoms with E-state index >= 15 is 0 Å². The Hall–Kier alpha value is -3.03. The number of fused-ring (bicyclic) bond motifs is 1. The van der Waals surface area contributed by atoms with Gasteiger partial charge >= 0.3 is 0 Å². The van der Waals surface area contributed by atoms with Gasteiger partial charge in [0.15, 0.2) is 5.78 Å². The molecule has 1 unspecified atom stereocenters.